The number of ether oxygens (including phenoxy) is 2. The Morgan fingerprint density at radius 2 is 1.97 bits per heavy atom. The Labute approximate surface area is 180 Å². The summed E-state index contributed by atoms with van der Waals surface area (Å²) in [6.07, 6.45) is 0.00546. The highest BCUT2D eigenvalue weighted by molar-refractivity contribution is 7.89. The van der Waals surface area contributed by atoms with Crippen LogP contribution in [-0.4, -0.2) is 57.0 Å². The van der Waals surface area contributed by atoms with Gasteiger partial charge in [0.1, 0.15) is 16.2 Å². The highest BCUT2D eigenvalue weighted by atomic mass is 32.2. The standard InChI is InChI=1S/C21H23N3O6S/c1-14-22-17-13-16(4-6-18(17)30-14)23-21(25)12-15-3-5-19(28-2)20(11-15)31(26,27)24-7-9-29-10-8-24/h3-6,11,13H,7-10,12H2,1-2H3,(H,23,25). The van der Waals surface area contributed by atoms with Crippen LogP contribution in [0.1, 0.15) is 11.5 Å². The van der Waals surface area contributed by atoms with Gasteiger partial charge in [0.05, 0.1) is 26.7 Å². The number of sulfonamides is 1. The van der Waals surface area contributed by atoms with Gasteiger partial charge in [0.25, 0.3) is 0 Å². The van der Waals surface area contributed by atoms with Crippen LogP contribution in [0.2, 0.25) is 0 Å². The van der Waals surface area contributed by atoms with E-state index in [0.717, 1.165) is 0 Å². The number of aryl methyl sites for hydroxylation is 1. The number of hydrogen-bond acceptors (Lipinski definition) is 7. The maximum atomic E-state index is 13.1. The van der Waals surface area contributed by atoms with E-state index in [1.165, 1.54) is 17.5 Å². The number of nitrogens with one attached hydrogen (secondary N) is 1. The van der Waals surface area contributed by atoms with Crippen LogP contribution in [0.25, 0.3) is 11.1 Å². The number of benzene rings is 2. The number of carbonyl (C=O) groups excluding carboxylic acids is 1. The molecule has 0 aliphatic carbocycles. The lowest BCUT2D eigenvalue weighted by molar-refractivity contribution is -0.115. The second kappa shape index (κ2) is 8.66. The molecule has 31 heavy (non-hydrogen) atoms. The molecule has 9 nitrogen and oxygen atoms in total. The average Bonchev–Trinajstić information content (AvgIpc) is 3.13. The number of nitrogens with zero attached hydrogens (tertiary/aromatic N) is 2. The summed E-state index contributed by atoms with van der Waals surface area (Å²) in [6, 6.07) is 9.94. The van der Waals surface area contributed by atoms with Gasteiger partial charge in [-0.3, -0.25) is 4.79 Å². The third kappa shape index (κ3) is 4.55. The van der Waals surface area contributed by atoms with E-state index in [2.05, 4.69) is 10.3 Å². The number of fused-ring (bicyclic) bond motifs is 1. The number of hydrogen-bond donors (Lipinski definition) is 1. The molecule has 3 aromatic rings. The molecule has 1 saturated heterocycles. The molecule has 1 aliphatic heterocycles. The van der Waals surface area contributed by atoms with Crippen LogP contribution < -0.4 is 10.1 Å². The minimum atomic E-state index is -3.77. The molecule has 1 aromatic heterocycles. The number of methoxy groups -OCH3 is 1. The average molecular weight is 445 g/mol. The van der Waals surface area contributed by atoms with Crippen molar-refractivity contribution in [1.82, 2.24) is 9.29 Å². The van der Waals surface area contributed by atoms with E-state index in [4.69, 9.17) is 13.9 Å². The summed E-state index contributed by atoms with van der Waals surface area (Å²) in [5, 5.41) is 2.81. The normalized spacial score (nSPS) is 15.2. The Morgan fingerprint density at radius 3 is 2.71 bits per heavy atom. The lowest BCUT2D eigenvalue weighted by atomic mass is 10.1. The van der Waals surface area contributed by atoms with E-state index in [0.29, 0.717) is 41.5 Å². The molecule has 1 fully saturated rings. The molecule has 164 valence electrons. The lowest BCUT2D eigenvalue weighted by Gasteiger charge is -2.26. The van der Waals surface area contributed by atoms with Crippen molar-refractivity contribution in [1.29, 1.82) is 0 Å². The quantitative estimate of drug-likeness (QED) is 0.620. The molecule has 0 unspecified atom stereocenters. The maximum absolute atomic E-state index is 13.1. The first-order chi connectivity index (χ1) is 14.9. The summed E-state index contributed by atoms with van der Waals surface area (Å²) in [6.45, 7) is 3.00. The largest absolute Gasteiger partial charge is 0.495 e. The molecule has 0 radical (unpaired) electrons. The van der Waals surface area contributed by atoms with Gasteiger partial charge in [-0.15, -0.1) is 0 Å². The topological polar surface area (TPSA) is 111 Å². The van der Waals surface area contributed by atoms with Crippen LogP contribution in [0.4, 0.5) is 5.69 Å². The Balaban J connectivity index is 1.53. The molecule has 1 N–H and O–H groups in total. The molecule has 2 aromatic carbocycles. The first-order valence-electron chi connectivity index (χ1n) is 9.78. The molecule has 2 heterocycles. The molecule has 1 amide bonds. The fourth-order valence-electron chi connectivity index (χ4n) is 3.47. The molecule has 0 bridgehead atoms. The van der Waals surface area contributed by atoms with Crippen molar-refractivity contribution >= 4 is 32.7 Å². The van der Waals surface area contributed by atoms with Crippen LogP contribution >= 0.6 is 0 Å². The summed E-state index contributed by atoms with van der Waals surface area (Å²) in [4.78, 5) is 16.9. The molecule has 10 heteroatoms. The van der Waals surface area contributed by atoms with Crippen molar-refractivity contribution in [2.45, 2.75) is 18.2 Å². The first kappa shape index (κ1) is 21.3. The molecule has 4 rings (SSSR count). The van der Waals surface area contributed by atoms with Crippen LogP contribution in [0.3, 0.4) is 0 Å². The molecular weight excluding hydrogens is 422 g/mol. The van der Waals surface area contributed by atoms with Gasteiger partial charge < -0.3 is 19.2 Å². The second-order valence-electron chi connectivity index (χ2n) is 7.14. The van der Waals surface area contributed by atoms with Crippen LogP contribution in [0.15, 0.2) is 45.7 Å². The van der Waals surface area contributed by atoms with Gasteiger partial charge in [0.15, 0.2) is 11.5 Å². The number of rotatable bonds is 6. The fraction of sp³-hybridized carbons (Fsp3) is 0.333. The van der Waals surface area contributed by atoms with Crippen molar-refractivity contribution in [3.8, 4) is 5.75 Å². The van der Waals surface area contributed by atoms with E-state index in [-0.39, 0.29) is 36.1 Å². The summed E-state index contributed by atoms with van der Waals surface area (Å²) in [7, 11) is -2.35. The van der Waals surface area contributed by atoms with E-state index in [1.807, 2.05) is 0 Å². The zero-order valence-electron chi connectivity index (χ0n) is 17.3. The Bertz CT molecular complexity index is 1220. The Kier molecular flexibility index (Phi) is 5.94. The summed E-state index contributed by atoms with van der Waals surface area (Å²) < 4.78 is 43.5. The second-order valence-corrected chi connectivity index (χ2v) is 9.05. The SMILES string of the molecule is COc1ccc(CC(=O)Nc2ccc3oc(C)nc3c2)cc1S(=O)(=O)N1CCOCC1. The van der Waals surface area contributed by atoms with Gasteiger partial charge in [0, 0.05) is 25.7 Å². The van der Waals surface area contributed by atoms with Crippen molar-refractivity contribution in [2.24, 2.45) is 0 Å². The van der Waals surface area contributed by atoms with Gasteiger partial charge in [-0.2, -0.15) is 4.31 Å². The maximum Gasteiger partial charge on any atom is 0.246 e. The first-order valence-corrected chi connectivity index (χ1v) is 11.2. The third-order valence-corrected chi connectivity index (χ3v) is 6.88. The molecule has 1 aliphatic rings. The number of oxazole rings is 1. The third-order valence-electron chi connectivity index (χ3n) is 4.96. The van der Waals surface area contributed by atoms with Gasteiger partial charge >= 0.3 is 0 Å². The van der Waals surface area contributed by atoms with E-state index in [1.54, 1.807) is 37.3 Å². The predicted octanol–water partition coefficient (Wildman–Crippen LogP) is 2.35. The Morgan fingerprint density at radius 1 is 1.19 bits per heavy atom. The van der Waals surface area contributed by atoms with Gasteiger partial charge in [-0.05, 0) is 35.9 Å². The summed E-state index contributed by atoms with van der Waals surface area (Å²) in [5.41, 5.74) is 2.44. The van der Waals surface area contributed by atoms with Gasteiger partial charge in [-0.1, -0.05) is 6.07 Å². The van der Waals surface area contributed by atoms with Crippen molar-refractivity contribution < 1.29 is 27.1 Å². The highest BCUT2D eigenvalue weighted by Gasteiger charge is 2.29. The highest BCUT2D eigenvalue weighted by Crippen LogP contribution is 2.29. The van der Waals surface area contributed by atoms with Crippen LogP contribution in [-0.2, 0) is 26.0 Å². The lowest BCUT2D eigenvalue weighted by Crippen LogP contribution is -2.40. The van der Waals surface area contributed by atoms with E-state index in [9.17, 15) is 13.2 Å². The van der Waals surface area contributed by atoms with Crippen LogP contribution in [0.5, 0.6) is 5.75 Å². The number of morpholine rings is 1. The molecule has 0 saturated carbocycles. The number of amides is 1. The summed E-state index contributed by atoms with van der Waals surface area (Å²) >= 11 is 0. The van der Waals surface area contributed by atoms with E-state index < -0.39 is 10.0 Å². The van der Waals surface area contributed by atoms with Crippen LogP contribution in [0, 0.1) is 6.92 Å². The monoisotopic (exact) mass is 445 g/mol. The smallest absolute Gasteiger partial charge is 0.246 e. The fourth-order valence-corrected chi connectivity index (χ4v) is 5.08. The van der Waals surface area contributed by atoms with Gasteiger partial charge in [0.2, 0.25) is 15.9 Å². The predicted molar refractivity (Wildman–Crippen MR) is 114 cm³/mol. The Hall–Kier alpha value is -2.95. The molecule has 0 atom stereocenters. The minimum Gasteiger partial charge on any atom is -0.495 e. The van der Waals surface area contributed by atoms with Crippen molar-refractivity contribution in [3.05, 3.63) is 47.9 Å². The van der Waals surface area contributed by atoms with Crippen molar-refractivity contribution in [3.63, 3.8) is 0 Å². The summed E-state index contributed by atoms with van der Waals surface area (Å²) in [5.74, 6) is 0.507. The van der Waals surface area contributed by atoms with Gasteiger partial charge in [-0.25, -0.2) is 13.4 Å². The zero-order chi connectivity index (χ0) is 22.0. The number of aromatic nitrogens is 1. The molecular formula is C21H23N3O6S. The van der Waals surface area contributed by atoms with E-state index >= 15 is 0 Å². The minimum absolute atomic E-state index is 0.00546. The number of carbonyl (C=O) groups is 1. The van der Waals surface area contributed by atoms with Crippen molar-refractivity contribution in [2.75, 3.05) is 38.7 Å². The zero-order valence-corrected chi connectivity index (χ0v) is 18.1. The number of anilines is 1. The molecule has 0 spiro atoms.